The first-order valence-electron chi connectivity index (χ1n) is 6.58. The van der Waals surface area contributed by atoms with E-state index in [1.807, 2.05) is 13.4 Å². The van der Waals surface area contributed by atoms with Crippen molar-refractivity contribution in [1.29, 1.82) is 0 Å². The Bertz CT molecular complexity index is 543. The van der Waals surface area contributed by atoms with Gasteiger partial charge in [-0.1, -0.05) is 6.92 Å². The highest BCUT2D eigenvalue weighted by atomic mass is 79.9. The first-order chi connectivity index (χ1) is 9.19. The minimum absolute atomic E-state index is 0.790. The largest absolute Gasteiger partial charge is 0.331 e. The van der Waals surface area contributed by atoms with Gasteiger partial charge in [-0.05, 0) is 36.3 Å². The van der Waals surface area contributed by atoms with Crippen molar-refractivity contribution in [2.24, 2.45) is 0 Å². The molecule has 19 heavy (non-hydrogen) atoms. The molecule has 5 nitrogen and oxygen atoms in total. The molecule has 0 spiro atoms. The Balaban J connectivity index is 2.23. The number of rotatable bonds is 6. The average molecular weight is 326 g/mol. The molecule has 6 heteroatoms. The molecule has 0 fully saturated rings. The second-order valence-corrected chi connectivity index (χ2v) is 5.24. The Kier molecular flexibility index (Phi) is 4.76. The lowest BCUT2D eigenvalue weighted by Gasteiger charge is -2.06. The molecule has 2 aromatic rings. The summed E-state index contributed by atoms with van der Waals surface area (Å²) in [5.74, 6) is 0. The lowest BCUT2D eigenvalue weighted by molar-refractivity contribution is 0.593. The predicted octanol–water partition coefficient (Wildman–Crippen LogP) is 2.19. The molecule has 0 radical (unpaired) electrons. The van der Waals surface area contributed by atoms with E-state index in [-0.39, 0.29) is 0 Å². The van der Waals surface area contributed by atoms with Crippen molar-refractivity contribution >= 4 is 15.9 Å². The van der Waals surface area contributed by atoms with E-state index in [2.05, 4.69) is 60.6 Å². The fraction of sp³-hybridized carbons (Fsp3) is 0.538. The molecule has 0 unspecified atom stereocenters. The van der Waals surface area contributed by atoms with Crippen LogP contribution in [0.2, 0.25) is 0 Å². The monoisotopic (exact) mass is 325 g/mol. The van der Waals surface area contributed by atoms with E-state index in [1.165, 1.54) is 5.69 Å². The van der Waals surface area contributed by atoms with Gasteiger partial charge in [-0.2, -0.15) is 5.10 Å². The Labute approximate surface area is 122 Å². The van der Waals surface area contributed by atoms with Gasteiger partial charge in [-0.25, -0.2) is 4.98 Å². The second-order valence-electron chi connectivity index (χ2n) is 4.44. The van der Waals surface area contributed by atoms with Gasteiger partial charge in [-0.3, -0.25) is 4.68 Å². The van der Waals surface area contributed by atoms with Gasteiger partial charge in [0.05, 0.1) is 34.4 Å². The van der Waals surface area contributed by atoms with Gasteiger partial charge in [0.1, 0.15) is 0 Å². The molecule has 0 aliphatic rings. The molecule has 0 amide bonds. The summed E-state index contributed by atoms with van der Waals surface area (Å²) in [5.41, 5.74) is 3.37. The molecule has 0 aromatic carbocycles. The number of aromatic nitrogens is 4. The SMILES string of the molecule is CCc1nn(CC)c(Cn2cnc(CNC)c2)c1Br. The topological polar surface area (TPSA) is 47.7 Å². The highest BCUT2D eigenvalue weighted by Gasteiger charge is 2.14. The highest BCUT2D eigenvalue weighted by molar-refractivity contribution is 9.10. The molecule has 2 heterocycles. The van der Waals surface area contributed by atoms with Gasteiger partial charge < -0.3 is 9.88 Å². The first-order valence-corrected chi connectivity index (χ1v) is 7.38. The van der Waals surface area contributed by atoms with Gasteiger partial charge in [0.2, 0.25) is 0 Å². The zero-order valence-corrected chi connectivity index (χ0v) is 13.2. The molecule has 0 aliphatic carbocycles. The van der Waals surface area contributed by atoms with Crippen LogP contribution in [-0.2, 0) is 26.1 Å². The Hall–Kier alpha value is -1.14. The molecular weight excluding hydrogens is 306 g/mol. The summed E-state index contributed by atoms with van der Waals surface area (Å²) in [7, 11) is 1.93. The van der Waals surface area contributed by atoms with Crippen LogP contribution in [0, 0.1) is 0 Å². The van der Waals surface area contributed by atoms with Crippen LogP contribution in [0.5, 0.6) is 0 Å². The van der Waals surface area contributed by atoms with Gasteiger partial charge in [0.15, 0.2) is 0 Å². The number of hydrogen-bond donors (Lipinski definition) is 1. The van der Waals surface area contributed by atoms with Gasteiger partial charge in [0.25, 0.3) is 0 Å². The van der Waals surface area contributed by atoms with Crippen molar-refractivity contribution < 1.29 is 0 Å². The first kappa shape index (κ1) is 14.3. The lowest BCUT2D eigenvalue weighted by atomic mass is 10.3. The van der Waals surface area contributed by atoms with Crippen LogP contribution >= 0.6 is 15.9 Å². The van der Waals surface area contributed by atoms with Gasteiger partial charge in [0, 0.05) is 19.3 Å². The summed E-state index contributed by atoms with van der Waals surface area (Å²) in [6.07, 6.45) is 4.88. The van der Waals surface area contributed by atoms with E-state index >= 15 is 0 Å². The summed E-state index contributed by atoms with van der Waals surface area (Å²) < 4.78 is 5.28. The molecule has 0 saturated heterocycles. The second kappa shape index (κ2) is 6.34. The normalized spacial score (nSPS) is 11.2. The zero-order valence-electron chi connectivity index (χ0n) is 11.6. The van der Waals surface area contributed by atoms with Crippen LogP contribution in [0.25, 0.3) is 0 Å². The number of nitrogens with one attached hydrogen (secondary N) is 1. The molecule has 0 atom stereocenters. The van der Waals surface area contributed by atoms with Crippen molar-refractivity contribution in [2.75, 3.05) is 7.05 Å². The lowest BCUT2D eigenvalue weighted by Crippen LogP contribution is -2.08. The van der Waals surface area contributed by atoms with Crippen LogP contribution in [0.1, 0.15) is 30.9 Å². The molecule has 104 valence electrons. The van der Waals surface area contributed by atoms with E-state index in [1.54, 1.807) is 0 Å². The summed E-state index contributed by atoms with van der Waals surface area (Å²) in [4.78, 5) is 4.37. The summed E-state index contributed by atoms with van der Waals surface area (Å²) >= 11 is 3.67. The van der Waals surface area contributed by atoms with Crippen molar-refractivity contribution in [3.8, 4) is 0 Å². The standard InChI is InChI=1S/C13H20BrN5/c1-4-11-13(14)12(19(5-2)17-11)8-18-7-10(6-15-3)16-9-18/h7,9,15H,4-6,8H2,1-3H3. The highest BCUT2D eigenvalue weighted by Crippen LogP contribution is 2.23. The van der Waals surface area contributed by atoms with E-state index < -0.39 is 0 Å². The zero-order chi connectivity index (χ0) is 13.8. The van der Waals surface area contributed by atoms with Gasteiger partial charge in [-0.15, -0.1) is 0 Å². The van der Waals surface area contributed by atoms with E-state index in [4.69, 9.17) is 0 Å². The quantitative estimate of drug-likeness (QED) is 0.885. The summed E-state index contributed by atoms with van der Waals surface area (Å²) in [6.45, 7) is 6.70. The maximum Gasteiger partial charge on any atom is 0.0953 e. The van der Waals surface area contributed by atoms with Crippen molar-refractivity contribution in [2.45, 2.75) is 39.9 Å². The number of aryl methyl sites for hydroxylation is 2. The van der Waals surface area contributed by atoms with Crippen LogP contribution in [-0.4, -0.2) is 26.4 Å². The molecule has 2 aromatic heterocycles. The van der Waals surface area contributed by atoms with E-state index in [0.29, 0.717) is 0 Å². The Morgan fingerprint density at radius 2 is 2.16 bits per heavy atom. The summed E-state index contributed by atoms with van der Waals surface area (Å²) in [6, 6.07) is 0. The van der Waals surface area contributed by atoms with E-state index in [0.717, 1.165) is 41.9 Å². The average Bonchev–Trinajstić information content (AvgIpc) is 2.97. The number of nitrogens with zero attached hydrogens (tertiary/aromatic N) is 4. The smallest absolute Gasteiger partial charge is 0.0953 e. The third-order valence-corrected chi connectivity index (χ3v) is 3.99. The van der Waals surface area contributed by atoms with Crippen molar-refractivity contribution in [3.63, 3.8) is 0 Å². The molecule has 1 N–H and O–H groups in total. The molecular formula is C13H20BrN5. The third-order valence-electron chi connectivity index (χ3n) is 3.07. The summed E-state index contributed by atoms with van der Waals surface area (Å²) in [5, 5.41) is 7.72. The van der Waals surface area contributed by atoms with E-state index in [9.17, 15) is 0 Å². The maximum atomic E-state index is 4.61. The number of imidazole rings is 1. The van der Waals surface area contributed by atoms with Crippen LogP contribution in [0.3, 0.4) is 0 Å². The maximum absolute atomic E-state index is 4.61. The van der Waals surface area contributed by atoms with Crippen LogP contribution in [0.15, 0.2) is 17.0 Å². The number of hydrogen-bond acceptors (Lipinski definition) is 3. The minimum atomic E-state index is 0.790. The fourth-order valence-electron chi connectivity index (χ4n) is 2.11. The number of halogens is 1. The van der Waals surface area contributed by atoms with Crippen LogP contribution < -0.4 is 5.32 Å². The molecule has 0 bridgehead atoms. The predicted molar refractivity (Wildman–Crippen MR) is 79.1 cm³/mol. The fourth-order valence-corrected chi connectivity index (χ4v) is 2.80. The Morgan fingerprint density at radius 3 is 2.79 bits per heavy atom. The van der Waals surface area contributed by atoms with Crippen molar-refractivity contribution in [3.05, 3.63) is 34.1 Å². The minimum Gasteiger partial charge on any atom is -0.331 e. The Morgan fingerprint density at radius 1 is 1.37 bits per heavy atom. The molecule has 2 rings (SSSR count). The third kappa shape index (κ3) is 3.06. The molecule has 0 aliphatic heterocycles. The van der Waals surface area contributed by atoms with Crippen molar-refractivity contribution in [1.82, 2.24) is 24.6 Å². The van der Waals surface area contributed by atoms with Crippen LogP contribution in [0.4, 0.5) is 0 Å². The van der Waals surface area contributed by atoms with Gasteiger partial charge >= 0.3 is 0 Å². The molecule has 0 saturated carbocycles.